The minimum atomic E-state index is -0.287. The summed E-state index contributed by atoms with van der Waals surface area (Å²) in [6, 6.07) is 9.61. The normalized spacial score (nSPS) is 11.9. The van der Waals surface area contributed by atoms with Crippen LogP contribution in [0.15, 0.2) is 48.9 Å². The largest absolute Gasteiger partial charge is 0.480 e. The second kappa shape index (κ2) is 12.8. The number of hydrogen-bond donors (Lipinski definition) is 3. The Morgan fingerprint density at radius 3 is 2.71 bits per heavy atom. The molecule has 0 saturated heterocycles. The number of methoxy groups -OCH3 is 1. The maximum atomic E-state index is 12.9. The average molecular weight is 518 g/mol. The van der Waals surface area contributed by atoms with Gasteiger partial charge < -0.3 is 20.4 Å². The Bertz CT molecular complexity index is 1380. The summed E-state index contributed by atoms with van der Waals surface area (Å²) in [6.45, 7) is 0. The van der Waals surface area contributed by atoms with Gasteiger partial charge in [-0.3, -0.25) is 14.3 Å². The van der Waals surface area contributed by atoms with E-state index >= 15 is 0 Å². The Balaban J connectivity index is 1.49. The number of aromatic nitrogens is 5. The molecule has 38 heavy (non-hydrogen) atoms. The monoisotopic (exact) mass is 517 g/mol. The summed E-state index contributed by atoms with van der Waals surface area (Å²) < 4.78 is 7.30. The summed E-state index contributed by atoms with van der Waals surface area (Å²) in [5, 5.41) is 11.0. The number of unbranched alkanes of at least 4 members (excludes halogenated alkanes) is 2. The Hall–Kier alpha value is -4.21. The first-order chi connectivity index (χ1) is 18.5. The first-order valence-electron chi connectivity index (χ1n) is 12.9. The molecule has 0 aliphatic rings. The molecule has 0 spiro atoms. The number of imidazole rings is 1. The summed E-state index contributed by atoms with van der Waals surface area (Å²) in [4.78, 5) is 37.1. The number of rotatable bonds is 13. The standard InChI is InChI=1S/C28H35N7O3/c1-29-25(36)12-6-4-5-11-23(32-26(37)14-13-19-16-31-35(2)18-19)27-30-17-24(33-27)21-15-20-9-7-8-10-22(20)34-28(21)38-3/h7-10,15-18,23H,4-6,11-14H2,1-3H3,(H,29,36)(H,30,33)(H,32,37). The lowest BCUT2D eigenvalue weighted by molar-refractivity contribution is -0.122. The molecule has 1 aromatic carbocycles. The maximum Gasteiger partial charge on any atom is 0.223 e. The molecule has 4 rings (SSSR count). The molecule has 0 fully saturated rings. The third-order valence-electron chi connectivity index (χ3n) is 6.51. The van der Waals surface area contributed by atoms with Crippen LogP contribution in [0.3, 0.4) is 0 Å². The molecule has 10 heteroatoms. The van der Waals surface area contributed by atoms with Crippen LogP contribution >= 0.6 is 0 Å². The van der Waals surface area contributed by atoms with E-state index in [9.17, 15) is 9.59 Å². The van der Waals surface area contributed by atoms with Crippen molar-refractivity contribution in [3.8, 4) is 17.1 Å². The zero-order valence-electron chi connectivity index (χ0n) is 22.2. The lowest BCUT2D eigenvalue weighted by Crippen LogP contribution is -2.29. The molecule has 10 nitrogen and oxygen atoms in total. The molecule has 0 radical (unpaired) electrons. The van der Waals surface area contributed by atoms with E-state index < -0.39 is 0 Å². The van der Waals surface area contributed by atoms with Gasteiger partial charge in [0.2, 0.25) is 17.7 Å². The van der Waals surface area contributed by atoms with E-state index in [4.69, 9.17) is 4.74 Å². The van der Waals surface area contributed by atoms with Crippen LogP contribution in [0.2, 0.25) is 0 Å². The molecular formula is C28H35N7O3. The first-order valence-corrected chi connectivity index (χ1v) is 12.9. The summed E-state index contributed by atoms with van der Waals surface area (Å²) in [6.07, 6.45) is 10.1. The molecule has 3 aromatic heterocycles. The van der Waals surface area contributed by atoms with Crippen molar-refractivity contribution in [2.24, 2.45) is 7.05 Å². The Kier molecular flexibility index (Phi) is 9.07. The van der Waals surface area contributed by atoms with Crippen LogP contribution in [0.4, 0.5) is 0 Å². The number of pyridine rings is 1. The molecular weight excluding hydrogens is 482 g/mol. The molecule has 0 saturated carbocycles. The van der Waals surface area contributed by atoms with Gasteiger partial charge in [-0.15, -0.1) is 0 Å². The van der Waals surface area contributed by atoms with E-state index in [1.165, 1.54) is 0 Å². The molecule has 4 aromatic rings. The zero-order valence-corrected chi connectivity index (χ0v) is 22.2. The van der Waals surface area contributed by atoms with Gasteiger partial charge in [0, 0.05) is 38.5 Å². The number of aromatic amines is 1. The quantitative estimate of drug-likeness (QED) is 0.231. The highest BCUT2D eigenvalue weighted by Gasteiger charge is 2.20. The highest BCUT2D eigenvalue weighted by Crippen LogP contribution is 2.31. The fourth-order valence-corrected chi connectivity index (χ4v) is 4.44. The minimum Gasteiger partial charge on any atom is -0.480 e. The third-order valence-corrected chi connectivity index (χ3v) is 6.51. The van der Waals surface area contributed by atoms with Gasteiger partial charge in [0.05, 0.1) is 42.3 Å². The van der Waals surface area contributed by atoms with Crippen molar-refractivity contribution in [3.05, 3.63) is 60.3 Å². The molecule has 3 heterocycles. The Morgan fingerprint density at radius 1 is 1.11 bits per heavy atom. The first kappa shape index (κ1) is 26.8. The molecule has 1 atom stereocenters. The van der Waals surface area contributed by atoms with Gasteiger partial charge in [-0.1, -0.05) is 31.0 Å². The van der Waals surface area contributed by atoms with Crippen LogP contribution in [-0.2, 0) is 23.1 Å². The molecule has 200 valence electrons. The van der Waals surface area contributed by atoms with Gasteiger partial charge in [0.15, 0.2) is 0 Å². The SMILES string of the molecule is CNC(=O)CCCCCC(NC(=O)CCc1cnn(C)c1)c1ncc(-c2cc3ccccc3nc2OC)[nH]1. The average Bonchev–Trinajstić information content (AvgIpc) is 3.59. The lowest BCUT2D eigenvalue weighted by atomic mass is 10.1. The predicted octanol–water partition coefficient (Wildman–Crippen LogP) is 3.85. The number of aryl methyl sites for hydroxylation is 2. The number of carbonyl (C=O) groups excluding carboxylic acids is 2. The highest BCUT2D eigenvalue weighted by atomic mass is 16.5. The Morgan fingerprint density at radius 2 is 1.95 bits per heavy atom. The van der Waals surface area contributed by atoms with Crippen molar-refractivity contribution < 1.29 is 14.3 Å². The van der Waals surface area contributed by atoms with Crippen LogP contribution in [-0.4, -0.2) is 50.7 Å². The van der Waals surface area contributed by atoms with E-state index in [2.05, 4.69) is 30.7 Å². The second-order valence-electron chi connectivity index (χ2n) is 9.33. The number of amides is 2. The van der Waals surface area contributed by atoms with Crippen LogP contribution in [0, 0.1) is 0 Å². The number of hydrogen-bond acceptors (Lipinski definition) is 6. The maximum absolute atomic E-state index is 12.9. The summed E-state index contributed by atoms with van der Waals surface area (Å²) in [7, 11) is 5.11. The summed E-state index contributed by atoms with van der Waals surface area (Å²) in [5.41, 5.74) is 3.44. The van der Waals surface area contributed by atoms with Gasteiger partial charge in [0.1, 0.15) is 5.82 Å². The number of ether oxygens (including phenoxy) is 1. The van der Waals surface area contributed by atoms with Gasteiger partial charge in [-0.2, -0.15) is 5.10 Å². The number of fused-ring (bicyclic) bond motifs is 1. The van der Waals surface area contributed by atoms with E-state index in [1.54, 1.807) is 31.2 Å². The second-order valence-corrected chi connectivity index (χ2v) is 9.33. The number of nitrogens with zero attached hydrogens (tertiary/aromatic N) is 4. The fraction of sp³-hybridized carbons (Fsp3) is 0.393. The van der Waals surface area contributed by atoms with Gasteiger partial charge in [-0.25, -0.2) is 9.97 Å². The number of nitrogens with one attached hydrogen (secondary N) is 3. The van der Waals surface area contributed by atoms with Gasteiger partial charge in [0.25, 0.3) is 0 Å². The van der Waals surface area contributed by atoms with Crippen molar-refractivity contribution in [1.29, 1.82) is 0 Å². The fourth-order valence-electron chi connectivity index (χ4n) is 4.44. The molecule has 0 aliphatic carbocycles. The lowest BCUT2D eigenvalue weighted by Gasteiger charge is -2.17. The van der Waals surface area contributed by atoms with Gasteiger partial charge >= 0.3 is 0 Å². The van der Waals surface area contributed by atoms with E-state index in [1.807, 2.05) is 43.6 Å². The molecule has 2 amide bonds. The molecule has 3 N–H and O–H groups in total. The molecule has 0 aliphatic heterocycles. The number of benzene rings is 1. The number of para-hydroxylation sites is 1. The zero-order chi connectivity index (χ0) is 26.9. The third kappa shape index (κ3) is 6.96. The van der Waals surface area contributed by atoms with Crippen molar-refractivity contribution >= 4 is 22.7 Å². The predicted molar refractivity (Wildman–Crippen MR) is 145 cm³/mol. The van der Waals surface area contributed by atoms with Crippen molar-refractivity contribution in [2.75, 3.05) is 14.2 Å². The van der Waals surface area contributed by atoms with E-state index in [0.717, 1.165) is 47.0 Å². The molecule has 0 bridgehead atoms. The number of H-pyrrole nitrogens is 1. The van der Waals surface area contributed by atoms with E-state index in [-0.39, 0.29) is 17.9 Å². The summed E-state index contributed by atoms with van der Waals surface area (Å²) >= 11 is 0. The van der Waals surface area contributed by atoms with Crippen molar-refractivity contribution in [3.63, 3.8) is 0 Å². The highest BCUT2D eigenvalue weighted by molar-refractivity contribution is 5.85. The van der Waals surface area contributed by atoms with Crippen LogP contribution in [0.5, 0.6) is 5.88 Å². The summed E-state index contributed by atoms with van der Waals surface area (Å²) in [5.74, 6) is 1.17. The van der Waals surface area contributed by atoms with Crippen LogP contribution in [0.25, 0.3) is 22.2 Å². The van der Waals surface area contributed by atoms with Crippen LogP contribution < -0.4 is 15.4 Å². The minimum absolute atomic E-state index is 0.0406. The van der Waals surface area contributed by atoms with E-state index in [0.29, 0.717) is 37.4 Å². The van der Waals surface area contributed by atoms with Gasteiger partial charge in [-0.05, 0) is 37.0 Å². The Labute approximate surface area is 222 Å². The van der Waals surface area contributed by atoms with Crippen LogP contribution in [0.1, 0.15) is 56.0 Å². The van der Waals surface area contributed by atoms with Crippen molar-refractivity contribution in [2.45, 2.75) is 51.0 Å². The number of carbonyl (C=O) groups is 2. The molecule has 1 unspecified atom stereocenters. The smallest absolute Gasteiger partial charge is 0.223 e. The van der Waals surface area contributed by atoms with Crippen molar-refractivity contribution in [1.82, 2.24) is 35.4 Å². The topological polar surface area (TPSA) is 127 Å².